The zero-order valence-corrected chi connectivity index (χ0v) is 15.2. The van der Waals surface area contributed by atoms with Gasteiger partial charge in [-0.15, -0.1) is 20.4 Å². The van der Waals surface area contributed by atoms with E-state index in [0.29, 0.717) is 57.5 Å². The standard InChI is InChI=1S/C18H24N4O4/c1-3-16(23)8-9-24-10-11-25-12-13-26-17-6-4-15(5-7-17)18-21-19-14(2)20-22-18/h4-7H,3,8-13H2,1-2H3. The number of ether oxygens (including phenoxy) is 3. The molecule has 0 N–H and O–H groups in total. The summed E-state index contributed by atoms with van der Waals surface area (Å²) >= 11 is 0. The van der Waals surface area contributed by atoms with E-state index in [-0.39, 0.29) is 5.78 Å². The topological polar surface area (TPSA) is 96.3 Å². The van der Waals surface area contributed by atoms with Crippen molar-refractivity contribution >= 4 is 5.78 Å². The van der Waals surface area contributed by atoms with Crippen LogP contribution in [-0.2, 0) is 14.3 Å². The number of ketones is 1. The molecule has 1 aromatic heterocycles. The molecule has 0 bridgehead atoms. The van der Waals surface area contributed by atoms with Gasteiger partial charge in [0.05, 0.1) is 26.4 Å². The lowest BCUT2D eigenvalue weighted by Crippen LogP contribution is -2.12. The highest BCUT2D eigenvalue weighted by atomic mass is 16.5. The van der Waals surface area contributed by atoms with E-state index in [4.69, 9.17) is 14.2 Å². The minimum atomic E-state index is 0.215. The minimum Gasteiger partial charge on any atom is -0.491 e. The van der Waals surface area contributed by atoms with Crippen LogP contribution in [0, 0.1) is 6.92 Å². The Labute approximate surface area is 152 Å². The lowest BCUT2D eigenvalue weighted by Gasteiger charge is -2.08. The third-order valence-corrected chi connectivity index (χ3v) is 3.48. The second kappa shape index (κ2) is 11.2. The van der Waals surface area contributed by atoms with Crippen LogP contribution in [0.4, 0.5) is 0 Å². The molecule has 2 rings (SSSR count). The first kappa shape index (κ1) is 19.9. The molecule has 0 aliphatic carbocycles. The number of hydrogen-bond acceptors (Lipinski definition) is 8. The van der Waals surface area contributed by atoms with Crippen molar-refractivity contribution in [3.8, 4) is 17.1 Å². The molecule has 0 aliphatic rings. The fraction of sp³-hybridized carbons (Fsp3) is 0.500. The first-order chi connectivity index (χ1) is 12.7. The van der Waals surface area contributed by atoms with E-state index in [2.05, 4.69) is 20.4 Å². The van der Waals surface area contributed by atoms with Crippen LogP contribution in [0.1, 0.15) is 25.6 Å². The Morgan fingerprint density at radius 2 is 1.50 bits per heavy atom. The number of benzene rings is 1. The maximum Gasteiger partial charge on any atom is 0.203 e. The van der Waals surface area contributed by atoms with Gasteiger partial charge in [-0.2, -0.15) is 0 Å². The molecule has 0 spiro atoms. The molecule has 0 amide bonds. The summed E-state index contributed by atoms with van der Waals surface area (Å²) in [5.41, 5.74) is 0.826. The number of carbonyl (C=O) groups excluding carboxylic acids is 1. The van der Waals surface area contributed by atoms with E-state index < -0.39 is 0 Å². The van der Waals surface area contributed by atoms with Gasteiger partial charge in [-0.05, 0) is 31.2 Å². The summed E-state index contributed by atoms with van der Waals surface area (Å²) in [6, 6.07) is 7.39. The molecule has 1 aromatic carbocycles. The van der Waals surface area contributed by atoms with Crippen molar-refractivity contribution < 1.29 is 19.0 Å². The van der Waals surface area contributed by atoms with Crippen LogP contribution < -0.4 is 4.74 Å². The average Bonchev–Trinajstić information content (AvgIpc) is 2.67. The summed E-state index contributed by atoms with van der Waals surface area (Å²) in [6.45, 7) is 5.91. The molecule has 0 unspecified atom stereocenters. The van der Waals surface area contributed by atoms with Crippen molar-refractivity contribution in [1.29, 1.82) is 0 Å². The van der Waals surface area contributed by atoms with Gasteiger partial charge < -0.3 is 14.2 Å². The number of carbonyl (C=O) groups is 1. The normalized spacial score (nSPS) is 10.7. The van der Waals surface area contributed by atoms with E-state index in [1.807, 2.05) is 31.2 Å². The molecule has 1 heterocycles. The number of hydrogen-bond donors (Lipinski definition) is 0. The molecular weight excluding hydrogens is 336 g/mol. The SMILES string of the molecule is CCC(=O)CCOCCOCCOc1ccc(-c2nnc(C)nn2)cc1. The van der Waals surface area contributed by atoms with Gasteiger partial charge in [0.2, 0.25) is 5.82 Å². The number of aromatic nitrogens is 4. The van der Waals surface area contributed by atoms with E-state index >= 15 is 0 Å². The Morgan fingerprint density at radius 1 is 0.885 bits per heavy atom. The molecule has 8 nitrogen and oxygen atoms in total. The second-order valence-corrected chi connectivity index (χ2v) is 5.51. The minimum absolute atomic E-state index is 0.215. The van der Waals surface area contributed by atoms with Gasteiger partial charge in [-0.1, -0.05) is 6.92 Å². The molecule has 0 atom stereocenters. The number of aryl methyl sites for hydroxylation is 1. The molecule has 0 saturated heterocycles. The molecule has 0 aliphatic heterocycles. The fourth-order valence-electron chi connectivity index (χ4n) is 2.00. The zero-order valence-electron chi connectivity index (χ0n) is 15.2. The van der Waals surface area contributed by atoms with E-state index in [1.165, 1.54) is 0 Å². The quantitative estimate of drug-likeness (QED) is 0.531. The van der Waals surface area contributed by atoms with Crippen molar-refractivity contribution in [2.24, 2.45) is 0 Å². The predicted molar refractivity (Wildman–Crippen MR) is 94.8 cm³/mol. The highest BCUT2D eigenvalue weighted by Gasteiger charge is 2.03. The van der Waals surface area contributed by atoms with Crippen molar-refractivity contribution in [3.63, 3.8) is 0 Å². The molecule has 2 aromatic rings. The molecule has 0 radical (unpaired) electrons. The summed E-state index contributed by atoms with van der Waals surface area (Å²) in [5, 5.41) is 15.8. The largest absolute Gasteiger partial charge is 0.491 e. The first-order valence-electron chi connectivity index (χ1n) is 8.63. The van der Waals surface area contributed by atoms with Crippen LogP contribution in [-0.4, -0.2) is 59.2 Å². The van der Waals surface area contributed by atoms with Crippen molar-refractivity contribution in [2.45, 2.75) is 26.7 Å². The fourth-order valence-corrected chi connectivity index (χ4v) is 2.00. The summed E-state index contributed by atoms with van der Waals surface area (Å²) in [7, 11) is 0. The Kier molecular flexibility index (Phi) is 8.57. The van der Waals surface area contributed by atoms with Gasteiger partial charge in [0.1, 0.15) is 18.1 Å². The van der Waals surface area contributed by atoms with Crippen LogP contribution in [0.5, 0.6) is 5.75 Å². The van der Waals surface area contributed by atoms with E-state index in [9.17, 15) is 4.79 Å². The van der Waals surface area contributed by atoms with Crippen LogP contribution in [0.2, 0.25) is 0 Å². The van der Waals surface area contributed by atoms with Crippen LogP contribution >= 0.6 is 0 Å². The third-order valence-electron chi connectivity index (χ3n) is 3.48. The number of nitrogens with zero attached hydrogens (tertiary/aromatic N) is 4. The number of Topliss-reactive ketones (excluding diaryl/α,β-unsaturated/α-hetero) is 1. The average molecular weight is 360 g/mol. The van der Waals surface area contributed by atoms with Gasteiger partial charge in [0, 0.05) is 18.4 Å². The van der Waals surface area contributed by atoms with Gasteiger partial charge in [-0.25, -0.2) is 0 Å². The molecule has 0 saturated carbocycles. The van der Waals surface area contributed by atoms with Crippen LogP contribution in [0.15, 0.2) is 24.3 Å². The zero-order chi connectivity index (χ0) is 18.6. The summed E-state index contributed by atoms with van der Waals surface area (Å²) in [4.78, 5) is 11.1. The lowest BCUT2D eigenvalue weighted by molar-refractivity contribution is -0.119. The second-order valence-electron chi connectivity index (χ2n) is 5.51. The molecule has 26 heavy (non-hydrogen) atoms. The van der Waals surface area contributed by atoms with Gasteiger partial charge in [-0.3, -0.25) is 4.79 Å². The monoisotopic (exact) mass is 360 g/mol. The summed E-state index contributed by atoms with van der Waals surface area (Å²) < 4.78 is 16.4. The van der Waals surface area contributed by atoms with Crippen molar-refractivity contribution in [3.05, 3.63) is 30.1 Å². The van der Waals surface area contributed by atoms with E-state index in [0.717, 1.165) is 11.3 Å². The Balaban J connectivity index is 1.57. The molecular formula is C18H24N4O4. The maximum atomic E-state index is 11.1. The third kappa shape index (κ3) is 7.20. The highest BCUT2D eigenvalue weighted by Crippen LogP contribution is 2.18. The summed E-state index contributed by atoms with van der Waals surface area (Å²) in [5.74, 6) is 1.96. The predicted octanol–water partition coefficient (Wildman–Crippen LogP) is 2.02. The van der Waals surface area contributed by atoms with Gasteiger partial charge in [0.25, 0.3) is 0 Å². The molecule has 8 heteroatoms. The highest BCUT2D eigenvalue weighted by molar-refractivity contribution is 5.78. The molecule has 140 valence electrons. The lowest BCUT2D eigenvalue weighted by atomic mass is 10.2. The summed E-state index contributed by atoms with van der Waals surface area (Å²) in [6.07, 6.45) is 1.03. The van der Waals surface area contributed by atoms with Crippen molar-refractivity contribution in [2.75, 3.05) is 33.0 Å². The van der Waals surface area contributed by atoms with E-state index in [1.54, 1.807) is 6.92 Å². The Bertz CT molecular complexity index is 662. The maximum absolute atomic E-state index is 11.1. The van der Waals surface area contributed by atoms with Gasteiger partial charge >= 0.3 is 0 Å². The first-order valence-corrected chi connectivity index (χ1v) is 8.63. The smallest absolute Gasteiger partial charge is 0.203 e. The van der Waals surface area contributed by atoms with Crippen molar-refractivity contribution in [1.82, 2.24) is 20.4 Å². The van der Waals surface area contributed by atoms with Crippen LogP contribution in [0.3, 0.4) is 0 Å². The van der Waals surface area contributed by atoms with Crippen LogP contribution in [0.25, 0.3) is 11.4 Å². The number of rotatable bonds is 12. The Hall–Kier alpha value is -2.45. The van der Waals surface area contributed by atoms with Gasteiger partial charge in [0.15, 0.2) is 5.82 Å². The molecule has 0 fully saturated rings. The Morgan fingerprint density at radius 3 is 2.15 bits per heavy atom.